The highest BCUT2D eigenvalue weighted by Crippen LogP contribution is 2.29. The van der Waals surface area contributed by atoms with Crippen molar-refractivity contribution in [2.45, 2.75) is 12.5 Å². The molecule has 0 atom stereocenters. The zero-order valence-corrected chi connectivity index (χ0v) is 10.7. The average Bonchev–Trinajstić information content (AvgIpc) is 2.46. The van der Waals surface area contributed by atoms with Crippen molar-refractivity contribution in [2.24, 2.45) is 0 Å². The van der Waals surface area contributed by atoms with Gasteiger partial charge in [-0.05, 0) is 23.8 Å². The number of aromatic nitrogens is 1. The lowest BCUT2D eigenvalue weighted by Gasteiger charge is -2.07. The SMILES string of the molecule is O=[N+]([O-])c1cc(CCl)ccc1OCc1ccccn1. The highest BCUT2D eigenvalue weighted by Gasteiger charge is 2.16. The Balaban J connectivity index is 2.18. The van der Waals surface area contributed by atoms with Gasteiger partial charge in [0.15, 0.2) is 5.75 Å². The van der Waals surface area contributed by atoms with Crippen LogP contribution in [-0.2, 0) is 12.5 Å². The summed E-state index contributed by atoms with van der Waals surface area (Å²) in [5.74, 6) is 0.436. The Morgan fingerprint density at radius 2 is 2.16 bits per heavy atom. The van der Waals surface area contributed by atoms with Crippen LogP contribution in [0.5, 0.6) is 5.75 Å². The van der Waals surface area contributed by atoms with Crippen molar-refractivity contribution in [3.05, 3.63) is 64.0 Å². The fourth-order valence-corrected chi connectivity index (χ4v) is 1.71. The standard InChI is InChI=1S/C13H11ClN2O3/c14-8-10-4-5-13(12(7-10)16(17)18)19-9-11-3-1-2-6-15-11/h1-7H,8-9H2. The number of nitro benzene ring substituents is 1. The van der Waals surface area contributed by atoms with Crippen molar-refractivity contribution in [1.82, 2.24) is 4.98 Å². The summed E-state index contributed by atoms with van der Waals surface area (Å²) < 4.78 is 5.44. The van der Waals surface area contributed by atoms with Gasteiger partial charge >= 0.3 is 5.69 Å². The molecule has 6 heteroatoms. The number of hydrogen-bond acceptors (Lipinski definition) is 4. The minimum absolute atomic E-state index is 0.0888. The van der Waals surface area contributed by atoms with E-state index in [1.807, 2.05) is 6.07 Å². The number of hydrogen-bond donors (Lipinski definition) is 0. The van der Waals surface area contributed by atoms with Crippen LogP contribution < -0.4 is 4.74 Å². The van der Waals surface area contributed by atoms with E-state index in [9.17, 15) is 10.1 Å². The van der Waals surface area contributed by atoms with Crippen molar-refractivity contribution in [3.8, 4) is 5.75 Å². The Morgan fingerprint density at radius 1 is 1.32 bits per heavy atom. The second kappa shape index (κ2) is 6.15. The van der Waals surface area contributed by atoms with Crippen molar-refractivity contribution in [3.63, 3.8) is 0 Å². The van der Waals surface area contributed by atoms with Crippen LogP contribution in [0.2, 0.25) is 0 Å². The Kier molecular flexibility index (Phi) is 4.30. The van der Waals surface area contributed by atoms with Gasteiger partial charge in [0, 0.05) is 18.1 Å². The molecule has 19 heavy (non-hydrogen) atoms. The number of pyridine rings is 1. The van der Waals surface area contributed by atoms with E-state index in [1.165, 1.54) is 6.07 Å². The molecule has 0 N–H and O–H groups in total. The van der Waals surface area contributed by atoms with Gasteiger partial charge in [-0.15, -0.1) is 11.6 Å². The molecule has 1 heterocycles. The first kappa shape index (κ1) is 13.3. The molecule has 0 fully saturated rings. The Labute approximate surface area is 115 Å². The van der Waals surface area contributed by atoms with E-state index in [2.05, 4.69) is 4.98 Å². The van der Waals surface area contributed by atoms with E-state index < -0.39 is 4.92 Å². The summed E-state index contributed by atoms with van der Waals surface area (Å²) in [6.45, 7) is 0.182. The van der Waals surface area contributed by atoms with Crippen LogP contribution in [0, 0.1) is 10.1 Å². The maximum absolute atomic E-state index is 11.0. The molecule has 0 amide bonds. The molecule has 0 aliphatic carbocycles. The van der Waals surface area contributed by atoms with Gasteiger partial charge in [0.05, 0.1) is 10.6 Å². The topological polar surface area (TPSA) is 65.3 Å². The Morgan fingerprint density at radius 3 is 2.79 bits per heavy atom. The van der Waals surface area contributed by atoms with Gasteiger partial charge in [0.1, 0.15) is 6.61 Å². The van der Waals surface area contributed by atoms with Gasteiger partial charge < -0.3 is 4.74 Å². The maximum atomic E-state index is 11.0. The lowest BCUT2D eigenvalue weighted by molar-refractivity contribution is -0.386. The molecule has 0 saturated heterocycles. The normalized spacial score (nSPS) is 10.2. The smallest absolute Gasteiger partial charge is 0.311 e. The molecular weight excluding hydrogens is 268 g/mol. The molecule has 2 rings (SSSR count). The fourth-order valence-electron chi connectivity index (χ4n) is 1.55. The van der Waals surface area contributed by atoms with Gasteiger partial charge in [-0.3, -0.25) is 15.1 Å². The molecule has 1 aromatic carbocycles. The van der Waals surface area contributed by atoms with Crippen molar-refractivity contribution < 1.29 is 9.66 Å². The number of benzene rings is 1. The van der Waals surface area contributed by atoms with Crippen LogP contribution in [0.1, 0.15) is 11.3 Å². The Bertz CT molecular complexity index is 575. The molecule has 0 bridgehead atoms. The summed E-state index contributed by atoms with van der Waals surface area (Å²) in [6.07, 6.45) is 1.64. The molecule has 98 valence electrons. The molecule has 2 aromatic rings. The molecule has 0 unspecified atom stereocenters. The van der Waals surface area contributed by atoms with E-state index in [4.69, 9.17) is 16.3 Å². The third-order valence-electron chi connectivity index (χ3n) is 2.48. The van der Waals surface area contributed by atoms with Crippen LogP contribution in [0.15, 0.2) is 42.6 Å². The molecule has 0 spiro atoms. The molecule has 0 aliphatic rings. The molecule has 0 radical (unpaired) electrons. The van der Waals surface area contributed by atoms with E-state index in [-0.39, 0.29) is 23.9 Å². The quantitative estimate of drug-likeness (QED) is 0.478. The van der Waals surface area contributed by atoms with Crippen LogP contribution in [-0.4, -0.2) is 9.91 Å². The second-order valence-electron chi connectivity index (χ2n) is 3.80. The summed E-state index contributed by atoms with van der Waals surface area (Å²) in [7, 11) is 0. The highest BCUT2D eigenvalue weighted by molar-refractivity contribution is 6.17. The van der Waals surface area contributed by atoms with Gasteiger partial charge in [-0.2, -0.15) is 0 Å². The van der Waals surface area contributed by atoms with Crippen LogP contribution in [0.25, 0.3) is 0 Å². The van der Waals surface area contributed by atoms with Gasteiger partial charge in [-0.25, -0.2) is 0 Å². The van der Waals surface area contributed by atoms with Gasteiger partial charge in [0.25, 0.3) is 0 Å². The van der Waals surface area contributed by atoms with E-state index in [1.54, 1.807) is 30.5 Å². The second-order valence-corrected chi connectivity index (χ2v) is 4.07. The molecule has 5 nitrogen and oxygen atoms in total. The first-order valence-corrected chi connectivity index (χ1v) is 6.10. The lowest BCUT2D eigenvalue weighted by Crippen LogP contribution is -2.01. The summed E-state index contributed by atoms with van der Waals surface area (Å²) in [5.41, 5.74) is 1.30. The first-order valence-electron chi connectivity index (χ1n) is 5.56. The molecule has 0 aliphatic heterocycles. The maximum Gasteiger partial charge on any atom is 0.311 e. The number of nitrogens with zero attached hydrogens (tertiary/aromatic N) is 2. The molecule has 0 saturated carbocycles. The zero-order chi connectivity index (χ0) is 13.7. The van der Waals surface area contributed by atoms with E-state index >= 15 is 0 Å². The molecular formula is C13H11ClN2O3. The monoisotopic (exact) mass is 278 g/mol. The number of ether oxygens (including phenoxy) is 1. The predicted octanol–water partition coefficient (Wildman–Crippen LogP) is 3.31. The summed E-state index contributed by atoms with van der Waals surface area (Å²) >= 11 is 5.66. The van der Waals surface area contributed by atoms with Gasteiger partial charge in [0.2, 0.25) is 0 Å². The minimum Gasteiger partial charge on any atom is -0.480 e. The van der Waals surface area contributed by atoms with Crippen molar-refractivity contribution in [1.29, 1.82) is 0 Å². The van der Waals surface area contributed by atoms with Crippen molar-refractivity contribution >= 4 is 17.3 Å². The summed E-state index contributed by atoms with van der Waals surface area (Å²) in [6, 6.07) is 10.1. The zero-order valence-electron chi connectivity index (χ0n) is 9.95. The van der Waals surface area contributed by atoms with E-state index in [0.29, 0.717) is 11.3 Å². The summed E-state index contributed by atoms with van der Waals surface area (Å²) in [5, 5.41) is 11.0. The van der Waals surface area contributed by atoms with Crippen LogP contribution >= 0.6 is 11.6 Å². The lowest BCUT2D eigenvalue weighted by atomic mass is 10.2. The predicted molar refractivity (Wildman–Crippen MR) is 71.2 cm³/mol. The van der Waals surface area contributed by atoms with Crippen molar-refractivity contribution in [2.75, 3.05) is 0 Å². The fraction of sp³-hybridized carbons (Fsp3) is 0.154. The Hall–Kier alpha value is -2.14. The minimum atomic E-state index is -0.482. The number of halogens is 1. The van der Waals surface area contributed by atoms with Crippen LogP contribution in [0.3, 0.4) is 0 Å². The molecule has 1 aromatic heterocycles. The summed E-state index contributed by atoms with van der Waals surface area (Å²) in [4.78, 5) is 14.6. The number of rotatable bonds is 5. The van der Waals surface area contributed by atoms with E-state index in [0.717, 1.165) is 0 Å². The third kappa shape index (κ3) is 3.42. The van der Waals surface area contributed by atoms with Gasteiger partial charge in [-0.1, -0.05) is 12.1 Å². The number of nitro groups is 1. The third-order valence-corrected chi connectivity index (χ3v) is 2.78. The largest absolute Gasteiger partial charge is 0.480 e. The highest BCUT2D eigenvalue weighted by atomic mass is 35.5. The van der Waals surface area contributed by atoms with Crippen LogP contribution in [0.4, 0.5) is 5.69 Å². The average molecular weight is 279 g/mol. The number of alkyl halides is 1. The first-order chi connectivity index (χ1) is 9.20.